The van der Waals surface area contributed by atoms with E-state index in [0.29, 0.717) is 4.88 Å². The van der Waals surface area contributed by atoms with Gasteiger partial charge in [0.2, 0.25) is 0 Å². The van der Waals surface area contributed by atoms with E-state index in [1.165, 1.54) is 11.3 Å². The third-order valence-corrected chi connectivity index (χ3v) is 4.66. The second-order valence-corrected chi connectivity index (χ2v) is 6.56. The van der Waals surface area contributed by atoms with Crippen molar-refractivity contribution in [2.45, 2.75) is 19.9 Å². The predicted octanol–water partition coefficient (Wildman–Crippen LogP) is 3.15. The molecule has 2 aromatic heterocycles. The molecule has 0 aliphatic rings. The maximum Gasteiger partial charge on any atom is 0.348 e. The molecule has 0 saturated carbocycles. The van der Waals surface area contributed by atoms with Gasteiger partial charge in [-0.05, 0) is 37.4 Å². The zero-order chi connectivity index (χ0) is 14.5. The smallest absolute Gasteiger partial charge is 0.348 e. The molecule has 1 atom stereocenters. The molecule has 0 aliphatic heterocycles. The summed E-state index contributed by atoms with van der Waals surface area (Å²) < 4.78 is 4.98. The summed E-state index contributed by atoms with van der Waals surface area (Å²) in [5.74, 6) is -0.755. The zero-order valence-electron chi connectivity index (χ0n) is 11.2. The van der Waals surface area contributed by atoms with Gasteiger partial charge in [0, 0.05) is 9.75 Å². The Morgan fingerprint density at radius 3 is 2.75 bits per heavy atom. The third kappa shape index (κ3) is 3.91. The molecular formula is C14H15NO3S2. The van der Waals surface area contributed by atoms with Crippen LogP contribution in [0.1, 0.15) is 32.4 Å². The van der Waals surface area contributed by atoms with Crippen LogP contribution in [0.4, 0.5) is 0 Å². The maximum atomic E-state index is 11.7. The zero-order valence-corrected chi connectivity index (χ0v) is 12.8. The minimum atomic E-state index is -0.456. The molecule has 0 aliphatic carbocycles. The summed E-state index contributed by atoms with van der Waals surface area (Å²) >= 11 is 2.93. The molecule has 0 aromatic carbocycles. The summed E-state index contributed by atoms with van der Waals surface area (Å²) in [5, 5.41) is 4.75. The quantitative estimate of drug-likeness (QED) is 0.863. The van der Waals surface area contributed by atoms with E-state index in [-0.39, 0.29) is 18.6 Å². The molecule has 20 heavy (non-hydrogen) atoms. The summed E-state index contributed by atoms with van der Waals surface area (Å²) in [6, 6.07) is 7.36. The van der Waals surface area contributed by atoms with E-state index < -0.39 is 5.97 Å². The Bertz CT molecular complexity index is 589. The van der Waals surface area contributed by atoms with Crippen LogP contribution in [0.25, 0.3) is 0 Å². The number of aryl methyl sites for hydroxylation is 1. The third-order valence-electron chi connectivity index (χ3n) is 2.62. The van der Waals surface area contributed by atoms with Crippen LogP contribution in [-0.2, 0) is 9.53 Å². The highest BCUT2D eigenvalue weighted by molar-refractivity contribution is 7.13. The van der Waals surface area contributed by atoms with Crippen LogP contribution in [0.15, 0.2) is 29.6 Å². The van der Waals surface area contributed by atoms with Crippen molar-refractivity contribution in [1.29, 1.82) is 0 Å². The van der Waals surface area contributed by atoms with Crippen LogP contribution in [0.3, 0.4) is 0 Å². The van der Waals surface area contributed by atoms with Crippen molar-refractivity contribution >= 4 is 34.6 Å². The van der Waals surface area contributed by atoms with Crippen molar-refractivity contribution in [1.82, 2.24) is 5.32 Å². The fourth-order valence-corrected chi connectivity index (χ4v) is 3.13. The monoisotopic (exact) mass is 309 g/mol. The maximum absolute atomic E-state index is 11.7. The number of esters is 1. The van der Waals surface area contributed by atoms with Crippen molar-refractivity contribution in [3.63, 3.8) is 0 Å². The number of rotatable bonds is 5. The first-order valence-electron chi connectivity index (χ1n) is 6.12. The van der Waals surface area contributed by atoms with Crippen LogP contribution in [0, 0.1) is 6.92 Å². The molecule has 2 rings (SSSR count). The fourth-order valence-electron chi connectivity index (χ4n) is 1.64. The summed E-state index contributed by atoms with van der Waals surface area (Å²) in [6.45, 7) is 3.55. The Morgan fingerprint density at radius 1 is 1.35 bits per heavy atom. The number of carbonyl (C=O) groups excluding carboxylic acids is 2. The van der Waals surface area contributed by atoms with Gasteiger partial charge in [-0.1, -0.05) is 6.07 Å². The molecule has 0 radical (unpaired) electrons. The first kappa shape index (κ1) is 14.7. The van der Waals surface area contributed by atoms with Crippen LogP contribution in [-0.4, -0.2) is 18.5 Å². The molecule has 0 fully saturated rings. The lowest BCUT2D eigenvalue weighted by molar-refractivity contribution is -0.124. The van der Waals surface area contributed by atoms with E-state index in [1.807, 2.05) is 37.4 Å². The van der Waals surface area contributed by atoms with Gasteiger partial charge in [0.15, 0.2) is 6.61 Å². The van der Waals surface area contributed by atoms with Gasteiger partial charge in [-0.3, -0.25) is 4.79 Å². The average Bonchev–Trinajstić information content (AvgIpc) is 3.06. The molecular weight excluding hydrogens is 294 g/mol. The minimum Gasteiger partial charge on any atom is -0.451 e. The van der Waals surface area contributed by atoms with Gasteiger partial charge in [0.25, 0.3) is 5.91 Å². The number of hydrogen-bond donors (Lipinski definition) is 1. The van der Waals surface area contributed by atoms with Gasteiger partial charge in [0.1, 0.15) is 4.88 Å². The summed E-state index contributed by atoms with van der Waals surface area (Å²) in [6.07, 6.45) is 0. The summed E-state index contributed by atoms with van der Waals surface area (Å²) in [7, 11) is 0. The van der Waals surface area contributed by atoms with E-state index >= 15 is 0 Å². The number of carbonyl (C=O) groups is 2. The molecule has 2 aromatic rings. The molecule has 1 N–H and O–H groups in total. The molecule has 4 nitrogen and oxygen atoms in total. The SMILES string of the molecule is Cc1ccc(C(=O)OCC(=O)NC(C)c2cccs2)s1. The second kappa shape index (κ2) is 6.67. The van der Waals surface area contributed by atoms with E-state index in [0.717, 1.165) is 9.75 Å². The van der Waals surface area contributed by atoms with Crippen molar-refractivity contribution in [2.24, 2.45) is 0 Å². The molecule has 0 spiro atoms. The highest BCUT2D eigenvalue weighted by Crippen LogP contribution is 2.18. The lowest BCUT2D eigenvalue weighted by atomic mass is 10.3. The molecule has 6 heteroatoms. The number of nitrogens with one attached hydrogen (secondary N) is 1. The number of thiophene rings is 2. The van der Waals surface area contributed by atoms with Gasteiger partial charge in [-0.25, -0.2) is 4.79 Å². The topological polar surface area (TPSA) is 55.4 Å². The Hall–Kier alpha value is -1.66. The van der Waals surface area contributed by atoms with Crippen molar-refractivity contribution < 1.29 is 14.3 Å². The van der Waals surface area contributed by atoms with Crippen molar-refractivity contribution in [3.05, 3.63) is 44.3 Å². The van der Waals surface area contributed by atoms with Gasteiger partial charge >= 0.3 is 5.97 Å². The van der Waals surface area contributed by atoms with Crippen molar-refractivity contribution in [3.8, 4) is 0 Å². The lowest BCUT2D eigenvalue weighted by Crippen LogP contribution is -2.30. The normalized spacial score (nSPS) is 11.9. The minimum absolute atomic E-state index is 0.0785. The highest BCUT2D eigenvalue weighted by Gasteiger charge is 2.14. The number of ether oxygens (including phenoxy) is 1. The highest BCUT2D eigenvalue weighted by atomic mass is 32.1. The second-order valence-electron chi connectivity index (χ2n) is 4.29. The van der Waals surface area contributed by atoms with Crippen LogP contribution >= 0.6 is 22.7 Å². The Balaban J connectivity index is 1.79. The molecule has 0 saturated heterocycles. The first-order chi connectivity index (χ1) is 9.56. The van der Waals surface area contributed by atoms with E-state index in [9.17, 15) is 9.59 Å². The average molecular weight is 309 g/mol. The van der Waals surface area contributed by atoms with Gasteiger partial charge in [-0.15, -0.1) is 22.7 Å². The Morgan fingerprint density at radius 2 is 2.15 bits per heavy atom. The van der Waals surface area contributed by atoms with E-state index in [1.54, 1.807) is 17.4 Å². The van der Waals surface area contributed by atoms with Gasteiger partial charge in [0.05, 0.1) is 6.04 Å². The first-order valence-corrected chi connectivity index (χ1v) is 7.82. The van der Waals surface area contributed by atoms with Crippen molar-refractivity contribution in [2.75, 3.05) is 6.61 Å². The predicted molar refractivity (Wildman–Crippen MR) is 80.2 cm³/mol. The molecule has 1 unspecified atom stereocenters. The largest absolute Gasteiger partial charge is 0.451 e. The summed E-state index contributed by atoms with van der Waals surface area (Å²) in [5.41, 5.74) is 0. The molecule has 0 bridgehead atoms. The standard InChI is InChI=1S/C14H15NO3S2/c1-9-5-6-12(20-9)14(17)18-8-13(16)15-10(2)11-4-3-7-19-11/h3-7,10H,8H2,1-2H3,(H,15,16). The van der Waals surface area contributed by atoms with E-state index in [4.69, 9.17) is 4.74 Å². The van der Waals surface area contributed by atoms with Crippen LogP contribution < -0.4 is 5.32 Å². The fraction of sp³-hybridized carbons (Fsp3) is 0.286. The Labute approximate surface area is 125 Å². The van der Waals surface area contributed by atoms with E-state index in [2.05, 4.69) is 5.32 Å². The van der Waals surface area contributed by atoms with Gasteiger partial charge in [-0.2, -0.15) is 0 Å². The van der Waals surface area contributed by atoms with Crippen LogP contribution in [0.5, 0.6) is 0 Å². The molecule has 106 valence electrons. The van der Waals surface area contributed by atoms with Crippen LogP contribution in [0.2, 0.25) is 0 Å². The number of amides is 1. The van der Waals surface area contributed by atoms with Gasteiger partial charge < -0.3 is 10.1 Å². The molecule has 1 amide bonds. The lowest BCUT2D eigenvalue weighted by Gasteiger charge is -2.12. The Kier molecular flexibility index (Phi) is 4.92. The number of hydrogen-bond acceptors (Lipinski definition) is 5. The summed E-state index contributed by atoms with van der Waals surface area (Å²) in [4.78, 5) is 26.0. The molecule has 2 heterocycles.